The standard InChI is InChI=1S/C47H89N3O6/c1-7-11-13-15-17-23-30-43(9-3)55-45(53)32-25-19-21-28-41(51)38-49(35-27-36-50-37-34-48-47(50)40(5)6)39-42(52)29-22-20-26-33-46(54)56-44(10-4)31-24-18-16-14-12-8-2/h34,37,40-44,51-52H,7-33,35-36,38-39H2,1-6H3. The summed E-state index contributed by atoms with van der Waals surface area (Å²) in [6.45, 7) is 15.6. The number of aliphatic hydroxyl groups excluding tert-OH is 2. The third-order valence-electron chi connectivity index (χ3n) is 11.2. The highest BCUT2D eigenvalue weighted by Gasteiger charge is 2.18. The average Bonchev–Trinajstić information content (AvgIpc) is 3.65. The zero-order chi connectivity index (χ0) is 41.2. The van der Waals surface area contributed by atoms with Crippen LogP contribution >= 0.6 is 0 Å². The molecule has 0 fully saturated rings. The molecule has 1 rings (SSSR count). The molecule has 2 N–H and O–H groups in total. The van der Waals surface area contributed by atoms with Gasteiger partial charge in [-0.2, -0.15) is 0 Å². The minimum atomic E-state index is -0.491. The SMILES string of the molecule is CCCCCCCCC(CC)OC(=O)CCCCCC(O)CN(CCCn1ccnc1C(C)C)CC(O)CCCCCC(=O)OC(CC)CCCCCCCC. The molecular formula is C47H89N3O6. The second-order valence-corrected chi connectivity index (χ2v) is 16.9. The second kappa shape index (κ2) is 35.0. The van der Waals surface area contributed by atoms with Crippen molar-refractivity contribution in [2.75, 3.05) is 19.6 Å². The zero-order valence-electron chi connectivity index (χ0n) is 37.3. The van der Waals surface area contributed by atoms with E-state index in [9.17, 15) is 19.8 Å². The Morgan fingerprint density at radius 3 is 1.50 bits per heavy atom. The smallest absolute Gasteiger partial charge is 0.306 e. The number of ether oxygens (including phenoxy) is 2. The van der Waals surface area contributed by atoms with E-state index in [2.05, 4.69) is 56.0 Å². The first-order chi connectivity index (χ1) is 27.1. The van der Waals surface area contributed by atoms with Gasteiger partial charge in [0.2, 0.25) is 0 Å². The summed E-state index contributed by atoms with van der Waals surface area (Å²) in [5, 5.41) is 22.1. The van der Waals surface area contributed by atoms with Crippen LogP contribution in [0.3, 0.4) is 0 Å². The molecule has 0 aromatic carbocycles. The second-order valence-electron chi connectivity index (χ2n) is 16.9. The fraction of sp³-hybridized carbons (Fsp3) is 0.894. The predicted molar refractivity (Wildman–Crippen MR) is 232 cm³/mol. The van der Waals surface area contributed by atoms with Crippen LogP contribution in [0.5, 0.6) is 0 Å². The van der Waals surface area contributed by atoms with Gasteiger partial charge in [-0.25, -0.2) is 4.98 Å². The highest BCUT2D eigenvalue weighted by atomic mass is 16.5. The van der Waals surface area contributed by atoms with Gasteiger partial charge in [0, 0.05) is 57.3 Å². The van der Waals surface area contributed by atoms with Crippen LogP contribution < -0.4 is 0 Å². The first kappa shape index (κ1) is 52.0. The topological polar surface area (TPSA) is 114 Å². The highest BCUT2D eigenvalue weighted by molar-refractivity contribution is 5.69. The third kappa shape index (κ3) is 27.6. The van der Waals surface area contributed by atoms with Crippen molar-refractivity contribution in [1.82, 2.24) is 14.5 Å². The van der Waals surface area contributed by atoms with Crippen molar-refractivity contribution in [3.63, 3.8) is 0 Å². The normalized spacial score (nSPS) is 14.0. The Balaban J connectivity index is 2.45. The van der Waals surface area contributed by atoms with Crippen LogP contribution in [0.1, 0.15) is 227 Å². The van der Waals surface area contributed by atoms with E-state index in [4.69, 9.17) is 9.47 Å². The molecule has 56 heavy (non-hydrogen) atoms. The molecule has 0 bridgehead atoms. The summed E-state index contributed by atoms with van der Waals surface area (Å²) in [6.07, 6.45) is 29.7. The molecule has 0 aliphatic rings. The van der Waals surface area contributed by atoms with E-state index in [1.165, 1.54) is 64.2 Å². The van der Waals surface area contributed by atoms with Crippen molar-refractivity contribution in [2.24, 2.45) is 0 Å². The molecule has 1 heterocycles. The van der Waals surface area contributed by atoms with Crippen LogP contribution in [-0.2, 0) is 25.6 Å². The van der Waals surface area contributed by atoms with E-state index in [-0.39, 0.29) is 24.1 Å². The number of aliphatic hydroxyl groups is 2. The molecule has 0 saturated carbocycles. The number of hydrogen-bond donors (Lipinski definition) is 2. The van der Waals surface area contributed by atoms with Crippen LogP contribution in [-0.4, -0.2) is 80.7 Å². The molecule has 0 amide bonds. The maximum atomic E-state index is 12.5. The molecule has 0 aliphatic heterocycles. The molecule has 9 nitrogen and oxygen atoms in total. The first-order valence-electron chi connectivity index (χ1n) is 23.6. The first-order valence-corrected chi connectivity index (χ1v) is 23.6. The lowest BCUT2D eigenvalue weighted by Crippen LogP contribution is -2.39. The lowest BCUT2D eigenvalue weighted by molar-refractivity contribution is -0.150. The molecule has 0 saturated heterocycles. The van der Waals surface area contributed by atoms with E-state index in [0.717, 1.165) is 102 Å². The van der Waals surface area contributed by atoms with Gasteiger partial charge in [-0.3, -0.25) is 14.5 Å². The number of aryl methyl sites for hydroxylation is 1. The maximum absolute atomic E-state index is 12.5. The van der Waals surface area contributed by atoms with E-state index >= 15 is 0 Å². The van der Waals surface area contributed by atoms with Crippen LogP contribution in [0, 0.1) is 0 Å². The highest BCUT2D eigenvalue weighted by Crippen LogP contribution is 2.18. The fourth-order valence-corrected chi connectivity index (χ4v) is 7.65. The molecule has 0 spiro atoms. The Labute approximate surface area is 344 Å². The largest absolute Gasteiger partial charge is 0.462 e. The van der Waals surface area contributed by atoms with Gasteiger partial charge in [-0.1, -0.05) is 131 Å². The lowest BCUT2D eigenvalue weighted by atomic mass is 10.1. The van der Waals surface area contributed by atoms with Gasteiger partial charge in [0.15, 0.2) is 0 Å². The molecule has 4 atom stereocenters. The summed E-state index contributed by atoms with van der Waals surface area (Å²) in [7, 11) is 0. The molecule has 1 aromatic heterocycles. The van der Waals surface area contributed by atoms with Crippen molar-refractivity contribution in [3.8, 4) is 0 Å². The number of hydrogen-bond acceptors (Lipinski definition) is 8. The minimum Gasteiger partial charge on any atom is -0.462 e. The molecule has 1 aromatic rings. The van der Waals surface area contributed by atoms with E-state index in [0.29, 0.717) is 44.7 Å². The van der Waals surface area contributed by atoms with Crippen molar-refractivity contribution in [2.45, 2.75) is 252 Å². The van der Waals surface area contributed by atoms with Gasteiger partial charge >= 0.3 is 11.9 Å². The molecule has 9 heteroatoms. The van der Waals surface area contributed by atoms with E-state index in [1.807, 2.05) is 12.4 Å². The summed E-state index contributed by atoms with van der Waals surface area (Å²) >= 11 is 0. The average molecular weight is 792 g/mol. The van der Waals surface area contributed by atoms with Crippen molar-refractivity contribution < 1.29 is 29.3 Å². The number of imidazole rings is 1. The van der Waals surface area contributed by atoms with Crippen molar-refractivity contribution >= 4 is 11.9 Å². The summed E-state index contributed by atoms with van der Waals surface area (Å²) < 4.78 is 13.8. The van der Waals surface area contributed by atoms with Gasteiger partial charge in [0.1, 0.15) is 18.0 Å². The number of nitrogens with zero attached hydrogens (tertiary/aromatic N) is 3. The maximum Gasteiger partial charge on any atom is 0.306 e. The third-order valence-corrected chi connectivity index (χ3v) is 11.2. The Bertz CT molecular complexity index is 1010. The van der Waals surface area contributed by atoms with Crippen LogP contribution in [0.15, 0.2) is 12.4 Å². The summed E-state index contributed by atoms with van der Waals surface area (Å²) in [5.41, 5.74) is 0. The Morgan fingerprint density at radius 1 is 0.625 bits per heavy atom. The number of aromatic nitrogens is 2. The fourth-order valence-electron chi connectivity index (χ4n) is 7.65. The monoisotopic (exact) mass is 792 g/mol. The molecular weight excluding hydrogens is 703 g/mol. The summed E-state index contributed by atoms with van der Waals surface area (Å²) in [4.78, 5) is 31.7. The van der Waals surface area contributed by atoms with Crippen molar-refractivity contribution in [3.05, 3.63) is 18.2 Å². The number of esters is 2. The number of rotatable bonds is 39. The number of carbonyl (C=O) groups excluding carboxylic acids is 2. The minimum absolute atomic E-state index is 0.0319. The van der Waals surface area contributed by atoms with Gasteiger partial charge in [-0.05, 0) is 70.6 Å². The zero-order valence-corrected chi connectivity index (χ0v) is 37.3. The molecule has 328 valence electrons. The number of carbonyl (C=O) groups is 2. The van der Waals surface area contributed by atoms with Gasteiger partial charge in [-0.15, -0.1) is 0 Å². The van der Waals surface area contributed by atoms with Gasteiger partial charge < -0.3 is 24.3 Å². The predicted octanol–water partition coefficient (Wildman–Crippen LogP) is 11.5. The summed E-state index contributed by atoms with van der Waals surface area (Å²) in [6, 6.07) is 0. The van der Waals surface area contributed by atoms with Crippen molar-refractivity contribution in [1.29, 1.82) is 0 Å². The van der Waals surface area contributed by atoms with Gasteiger partial charge in [0.05, 0.1) is 12.2 Å². The molecule has 0 radical (unpaired) electrons. The van der Waals surface area contributed by atoms with E-state index < -0.39 is 12.2 Å². The quantitative estimate of drug-likeness (QED) is 0.0500. The number of unbranched alkanes of at least 4 members (excludes halogenated alkanes) is 14. The van der Waals surface area contributed by atoms with E-state index in [1.54, 1.807) is 0 Å². The Morgan fingerprint density at radius 2 is 1.05 bits per heavy atom. The van der Waals surface area contributed by atoms with Crippen LogP contribution in [0.25, 0.3) is 0 Å². The lowest BCUT2D eigenvalue weighted by Gasteiger charge is -2.27. The Hall–Kier alpha value is -1.97. The van der Waals surface area contributed by atoms with Crippen LogP contribution in [0.4, 0.5) is 0 Å². The molecule has 0 aliphatic carbocycles. The Kier molecular flexibility index (Phi) is 32.5. The molecule has 4 unspecified atom stereocenters. The van der Waals surface area contributed by atoms with Crippen LogP contribution in [0.2, 0.25) is 0 Å². The summed E-state index contributed by atoms with van der Waals surface area (Å²) in [5.74, 6) is 1.25. The van der Waals surface area contributed by atoms with Gasteiger partial charge in [0.25, 0.3) is 0 Å².